The van der Waals surface area contributed by atoms with Crippen LogP contribution in [0.5, 0.6) is 0 Å². The molecule has 0 amide bonds. The van der Waals surface area contributed by atoms with Crippen LogP contribution in [0.3, 0.4) is 0 Å². The number of aliphatic hydroxyl groups is 2. The first kappa shape index (κ1) is 54.8. The van der Waals surface area contributed by atoms with E-state index in [-0.39, 0.29) is 69.8 Å². The van der Waals surface area contributed by atoms with Crippen LogP contribution >= 0.6 is 0 Å². The van der Waals surface area contributed by atoms with E-state index in [0.29, 0.717) is 45.5 Å². The summed E-state index contributed by atoms with van der Waals surface area (Å²) in [6, 6.07) is 7.17. The molecule has 24 heteroatoms. The third kappa shape index (κ3) is 19.6. The van der Waals surface area contributed by atoms with E-state index in [4.69, 9.17) is 39.1 Å². The van der Waals surface area contributed by atoms with Gasteiger partial charge in [-0.1, -0.05) is 25.1 Å². The van der Waals surface area contributed by atoms with Crippen molar-refractivity contribution in [1.82, 2.24) is 29.8 Å². The van der Waals surface area contributed by atoms with Gasteiger partial charge in [0.05, 0.1) is 77.4 Å². The van der Waals surface area contributed by atoms with Crippen LogP contribution in [0.4, 0.5) is 17.1 Å². The SMILES string of the molecule is C.CO.Cc1ccc(S(=O)(=O)OC2CCOC2)cc1.Nc1cnn(C2CCOC2)c1.O=[N+]([O-])c1cn[nH]c1.O=[N+]([O-])c1cnn(C2CCOC2)c1.OC1CCOC1.[CH3-].[Pd]. The number of rotatable bonds is 7. The monoisotopic (exact) mass is 948 g/mol. The molecule has 4 aliphatic rings. The normalized spacial score (nSPS) is 19.9. The topological polar surface area (TPSA) is 297 Å². The summed E-state index contributed by atoms with van der Waals surface area (Å²) in [5, 5.41) is 49.5. The van der Waals surface area contributed by atoms with Crippen molar-refractivity contribution in [3.8, 4) is 0 Å². The molecule has 4 atom stereocenters. The van der Waals surface area contributed by atoms with Crippen molar-refractivity contribution in [2.45, 2.75) is 69.2 Å². The van der Waals surface area contributed by atoms with Gasteiger partial charge in [0.15, 0.2) is 0 Å². The third-order valence-electron chi connectivity index (χ3n) is 8.04. The van der Waals surface area contributed by atoms with Gasteiger partial charge in [0.2, 0.25) is 0 Å². The predicted octanol–water partition coefficient (Wildman–Crippen LogP) is 3.45. The number of hydrogen-bond acceptors (Lipinski definition) is 17. The van der Waals surface area contributed by atoms with Crippen LogP contribution in [-0.4, -0.2) is 130 Å². The maximum Gasteiger partial charge on any atom is 0.307 e. The van der Waals surface area contributed by atoms with E-state index in [0.717, 1.165) is 63.6 Å². The molecule has 4 saturated heterocycles. The van der Waals surface area contributed by atoms with Crippen molar-refractivity contribution in [3.05, 3.63) is 94.7 Å². The van der Waals surface area contributed by atoms with Crippen molar-refractivity contribution >= 4 is 27.2 Å². The number of nitrogens with zero attached hydrogens (tertiary/aromatic N) is 7. The molecule has 22 nitrogen and oxygen atoms in total. The molecule has 5 N–H and O–H groups in total. The molecule has 0 spiro atoms. The number of aromatic nitrogens is 6. The first-order chi connectivity index (χ1) is 26.9. The molecule has 336 valence electrons. The number of aryl methyl sites for hydroxylation is 1. The Bertz CT molecular complexity index is 1810. The van der Waals surface area contributed by atoms with Crippen molar-refractivity contribution < 1.29 is 72.0 Å². The average Bonchev–Trinajstić information content (AvgIpc) is 4.04. The molecular weight excluding hydrogens is 893 g/mol. The molecule has 59 heavy (non-hydrogen) atoms. The molecule has 0 aliphatic carbocycles. The molecule has 4 fully saturated rings. The van der Waals surface area contributed by atoms with Gasteiger partial charge in [-0.25, -0.2) is 0 Å². The number of anilines is 1. The second kappa shape index (κ2) is 29.1. The minimum absolute atomic E-state index is 0. The van der Waals surface area contributed by atoms with Crippen LogP contribution in [0.1, 0.15) is 50.8 Å². The summed E-state index contributed by atoms with van der Waals surface area (Å²) in [4.78, 5) is 19.4. The van der Waals surface area contributed by atoms with E-state index in [1.54, 1.807) is 35.1 Å². The third-order valence-corrected chi connectivity index (χ3v) is 9.42. The van der Waals surface area contributed by atoms with Gasteiger partial charge in [0.1, 0.15) is 24.7 Å². The van der Waals surface area contributed by atoms with Crippen molar-refractivity contribution in [3.63, 3.8) is 0 Å². The summed E-state index contributed by atoms with van der Waals surface area (Å²) in [5.74, 6) is 0. The van der Waals surface area contributed by atoms with Crippen LogP contribution in [-0.2, 0) is 53.7 Å². The number of H-pyrrole nitrogens is 1. The summed E-state index contributed by atoms with van der Waals surface area (Å²) in [7, 11) is -2.64. The Hall–Kier alpha value is -4.22. The van der Waals surface area contributed by atoms with E-state index >= 15 is 0 Å². The second-order valence-corrected chi connectivity index (χ2v) is 13.9. The molecule has 4 aromatic rings. The Morgan fingerprint density at radius 3 is 1.71 bits per heavy atom. The number of nitrogens with one attached hydrogen (secondary N) is 1. The quantitative estimate of drug-likeness (QED) is 0.0678. The van der Waals surface area contributed by atoms with Crippen molar-refractivity contribution in [2.24, 2.45) is 0 Å². The molecule has 7 heterocycles. The maximum atomic E-state index is 11.8. The Labute approximate surface area is 357 Å². The number of aliphatic hydroxyl groups excluding tert-OH is 2. The van der Waals surface area contributed by atoms with Crippen LogP contribution in [0.25, 0.3) is 0 Å². The van der Waals surface area contributed by atoms with E-state index in [9.17, 15) is 28.6 Å². The zero-order valence-electron chi connectivity index (χ0n) is 32.4. The molecule has 0 bridgehead atoms. The van der Waals surface area contributed by atoms with Crippen LogP contribution < -0.4 is 5.73 Å². The zero-order valence-corrected chi connectivity index (χ0v) is 34.8. The minimum atomic E-state index is -3.64. The van der Waals surface area contributed by atoms with Gasteiger partial charge in [-0.15, -0.1) is 0 Å². The zero-order chi connectivity index (χ0) is 40.9. The van der Waals surface area contributed by atoms with E-state index in [1.165, 1.54) is 18.6 Å². The maximum absolute atomic E-state index is 11.8. The summed E-state index contributed by atoms with van der Waals surface area (Å²) in [6.45, 7) is 7.01. The number of ether oxygens (including phenoxy) is 4. The molecule has 4 aliphatic heterocycles. The molecular formula is C35H56N9O13PdS-. The predicted molar refractivity (Wildman–Crippen MR) is 211 cm³/mol. The smallest absolute Gasteiger partial charge is 0.307 e. The second-order valence-electron chi connectivity index (χ2n) is 12.3. The van der Waals surface area contributed by atoms with Crippen molar-refractivity contribution in [2.75, 3.05) is 65.7 Å². The first-order valence-electron chi connectivity index (χ1n) is 17.5. The fourth-order valence-corrected chi connectivity index (χ4v) is 6.12. The summed E-state index contributed by atoms with van der Waals surface area (Å²) in [6.07, 6.45) is 11.4. The van der Waals surface area contributed by atoms with Crippen LogP contribution in [0, 0.1) is 34.6 Å². The summed E-state index contributed by atoms with van der Waals surface area (Å²) < 4.78 is 52.4. The van der Waals surface area contributed by atoms with Gasteiger partial charge in [-0.3, -0.25) is 38.9 Å². The van der Waals surface area contributed by atoms with Crippen molar-refractivity contribution in [1.29, 1.82) is 0 Å². The van der Waals surface area contributed by atoms with E-state index in [2.05, 4.69) is 20.4 Å². The number of nitro groups is 2. The fourth-order valence-electron chi connectivity index (χ4n) is 5.03. The Morgan fingerprint density at radius 2 is 1.34 bits per heavy atom. The van der Waals surface area contributed by atoms with Gasteiger partial charge >= 0.3 is 11.4 Å². The Morgan fingerprint density at radius 1 is 0.814 bits per heavy atom. The van der Waals surface area contributed by atoms with Gasteiger partial charge in [0, 0.05) is 66.6 Å². The largest absolute Gasteiger partial charge is 0.400 e. The number of nitrogens with two attached hydrogens (primary N) is 1. The molecule has 3 aromatic heterocycles. The Kier molecular flexibility index (Phi) is 27.0. The van der Waals surface area contributed by atoms with E-state index in [1.807, 2.05) is 17.8 Å². The first-order valence-corrected chi connectivity index (χ1v) is 18.9. The van der Waals surface area contributed by atoms with Crippen LogP contribution in [0.2, 0.25) is 0 Å². The fraction of sp³-hybridized carbons (Fsp3) is 0.543. The number of nitrogen functional groups attached to an aromatic ring is 1. The number of aromatic amines is 1. The van der Waals surface area contributed by atoms with E-state index < -0.39 is 20.0 Å². The standard InChI is InChI=1S/C11H14O4S.C7H9N3O3.C7H11N3O.C4H8O2.C3H3N3O2.CH4O.CH4.CH3.Pd/c1-9-2-4-11(5-3-9)16(12,13)15-10-6-7-14-8-10;11-10(12)7-3-8-9(4-7)6-1-2-13-5-6;8-6-3-9-10(4-6)7-1-2-11-5-7;5-4-1-2-6-3-4;7-6(8)3-1-4-5-2-3;1-2;;;/h2-5,10H,6-8H2,1H3;3-4,6H,1-2,5H2;3-4,7H,1-2,5,8H2;4-5H,1-3H2;1-2H,(H,4,5);2H,1H3;1H4;1H3;/q;;;;;;;-1;. The Balaban J connectivity index is 0.000000718. The van der Waals surface area contributed by atoms with Gasteiger partial charge in [-0.05, 0) is 38.3 Å². The van der Waals surface area contributed by atoms with Crippen LogP contribution in [0.15, 0.2) is 66.3 Å². The van der Waals surface area contributed by atoms with Gasteiger partial charge in [0.25, 0.3) is 10.1 Å². The summed E-state index contributed by atoms with van der Waals surface area (Å²) >= 11 is 0. The molecule has 8 rings (SSSR count). The molecule has 4 unspecified atom stereocenters. The van der Waals surface area contributed by atoms with Gasteiger partial charge in [-0.2, -0.15) is 23.7 Å². The minimum Gasteiger partial charge on any atom is -0.400 e. The number of benzene rings is 1. The van der Waals surface area contributed by atoms with Gasteiger partial charge < -0.3 is 42.3 Å². The average molecular weight is 949 g/mol. The molecule has 0 radical (unpaired) electrons. The molecule has 1 aromatic carbocycles. The molecule has 0 saturated carbocycles. The number of hydrogen-bond donors (Lipinski definition) is 4. The summed E-state index contributed by atoms with van der Waals surface area (Å²) in [5.41, 5.74) is 7.28.